The number of nitrogen functional groups attached to an aromatic ring is 1. The van der Waals surface area contributed by atoms with Gasteiger partial charge in [-0.15, -0.1) is 0 Å². The normalized spacial score (nSPS) is 15.5. The quantitative estimate of drug-likeness (QED) is 0.112. The van der Waals surface area contributed by atoms with Gasteiger partial charge in [-0.3, -0.25) is 9.35 Å². The monoisotopic (exact) mass is 646 g/mol. The van der Waals surface area contributed by atoms with E-state index >= 15 is 0 Å². The van der Waals surface area contributed by atoms with Gasteiger partial charge < -0.3 is 19.8 Å². The molecule has 0 fully saturated rings. The maximum absolute atomic E-state index is 11.6. The molecule has 0 bridgehead atoms. The molecule has 13 heteroatoms. The summed E-state index contributed by atoms with van der Waals surface area (Å²) < 4.78 is 75.2. The molecule has 11 nitrogen and oxygen atoms in total. The lowest BCUT2D eigenvalue weighted by Gasteiger charge is -2.33. The summed E-state index contributed by atoms with van der Waals surface area (Å²) in [6.45, 7) is 6.79. The van der Waals surface area contributed by atoms with Crippen LogP contribution >= 0.6 is 0 Å². The number of carboxylic acids is 1. The molecule has 0 saturated carbocycles. The van der Waals surface area contributed by atoms with E-state index in [0.717, 1.165) is 27.6 Å². The highest BCUT2D eigenvalue weighted by atomic mass is 32.2. The number of aliphatic carboxylic acids is 1. The number of nitrogens with zero attached hydrogens (tertiary/aromatic N) is 1. The highest BCUT2D eigenvalue weighted by Crippen LogP contribution is 2.45. The minimum absolute atomic E-state index is 0.0702. The third kappa shape index (κ3) is 7.95. The number of anilines is 1. The van der Waals surface area contributed by atoms with Crippen molar-refractivity contribution in [3.8, 4) is 11.3 Å². The molecule has 238 valence electrons. The Kier molecular flexibility index (Phi) is 9.74. The molecule has 0 saturated heterocycles. The SMILES string of the molecule is Cc1c(C2=Cc3oc4cc(=[N+](CCCCCC(=O)O)CCCS(=O)(=O)O)ccc-4cc3C(C)(C)C2)ccc(S(=O)(=O)[O-])c1N. The van der Waals surface area contributed by atoms with Crippen molar-refractivity contribution in [2.24, 2.45) is 0 Å². The predicted octanol–water partition coefficient (Wildman–Crippen LogP) is 4.10. The van der Waals surface area contributed by atoms with E-state index in [2.05, 4.69) is 19.9 Å². The van der Waals surface area contributed by atoms with Crippen molar-refractivity contribution in [3.05, 3.63) is 64.2 Å². The second-order valence-corrected chi connectivity index (χ2v) is 14.8. The van der Waals surface area contributed by atoms with Gasteiger partial charge in [0.25, 0.3) is 10.1 Å². The lowest BCUT2D eigenvalue weighted by Crippen LogP contribution is -2.33. The first-order chi connectivity index (χ1) is 20.5. The van der Waals surface area contributed by atoms with Crippen molar-refractivity contribution in [2.75, 3.05) is 24.6 Å². The van der Waals surface area contributed by atoms with Crippen LogP contribution in [0.2, 0.25) is 0 Å². The Labute approximate surface area is 257 Å². The van der Waals surface area contributed by atoms with Crippen LogP contribution in [0.15, 0.2) is 45.7 Å². The molecule has 3 aliphatic rings. The fourth-order valence-corrected chi connectivity index (χ4v) is 6.90. The van der Waals surface area contributed by atoms with E-state index in [4.69, 9.17) is 15.3 Å². The zero-order valence-corrected chi connectivity index (χ0v) is 26.6. The van der Waals surface area contributed by atoms with Crippen molar-refractivity contribution in [3.63, 3.8) is 0 Å². The fraction of sp³-hybridized carbons (Fsp3) is 0.419. The Morgan fingerprint density at radius 3 is 2.41 bits per heavy atom. The lowest BCUT2D eigenvalue weighted by atomic mass is 9.72. The minimum atomic E-state index is -4.72. The molecule has 1 heterocycles. The Hall–Kier alpha value is -3.52. The summed E-state index contributed by atoms with van der Waals surface area (Å²) in [5.41, 5.74) is 9.64. The van der Waals surface area contributed by atoms with Gasteiger partial charge in [-0.05, 0) is 72.6 Å². The summed E-state index contributed by atoms with van der Waals surface area (Å²) in [6, 6.07) is 10.7. The van der Waals surface area contributed by atoms with Gasteiger partial charge >= 0.3 is 5.97 Å². The molecule has 0 atom stereocenters. The number of unbranched alkanes of at least 4 members (excludes halogenated alkanes) is 2. The first-order valence-electron chi connectivity index (χ1n) is 14.4. The summed E-state index contributed by atoms with van der Waals surface area (Å²) in [5, 5.41) is 9.71. The van der Waals surface area contributed by atoms with E-state index in [-0.39, 0.29) is 29.7 Å². The van der Waals surface area contributed by atoms with Crippen molar-refractivity contribution >= 4 is 43.5 Å². The van der Waals surface area contributed by atoms with Gasteiger partial charge in [-0.25, -0.2) is 13.0 Å². The zero-order chi connectivity index (χ0) is 32.4. The molecule has 4 rings (SSSR count). The molecule has 0 spiro atoms. The highest BCUT2D eigenvalue weighted by Gasteiger charge is 2.32. The van der Waals surface area contributed by atoms with Crippen LogP contribution in [0.5, 0.6) is 0 Å². The van der Waals surface area contributed by atoms with Gasteiger partial charge in [-0.1, -0.05) is 19.9 Å². The zero-order valence-electron chi connectivity index (χ0n) is 25.0. The Balaban J connectivity index is 1.77. The first-order valence-corrected chi connectivity index (χ1v) is 17.4. The molecule has 1 aliphatic heterocycles. The Morgan fingerprint density at radius 1 is 1.05 bits per heavy atom. The number of carboxylic acid groups (broad SMARTS) is 1. The molecular formula is C31H38N2O9S2. The Morgan fingerprint density at radius 2 is 1.75 bits per heavy atom. The van der Waals surface area contributed by atoms with Crippen LogP contribution in [0, 0.1) is 6.92 Å². The van der Waals surface area contributed by atoms with Crippen LogP contribution in [0.3, 0.4) is 0 Å². The van der Waals surface area contributed by atoms with Crippen LogP contribution in [0.1, 0.15) is 74.8 Å². The predicted molar refractivity (Wildman–Crippen MR) is 167 cm³/mol. The van der Waals surface area contributed by atoms with E-state index in [1.54, 1.807) is 13.0 Å². The summed E-state index contributed by atoms with van der Waals surface area (Å²) in [7, 11) is -8.83. The molecule has 44 heavy (non-hydrogen) atoms. The number of hydrogen-bond donors (Lipinski definition) is 3. The van der Waals surface area contributed by atoms with Gasteiger partial charge in [0.1, 0.15) is 34.7 Å². The van der Waals surface area contributed by atoms with Crippen molar-refractivity contribution in [1.82, 2.24) is 4.58 Å². The third-order valence-electron chi connectivity index (χ3n) is 8.05. The first kappa shape index (κ1) is 33.4. The molecule has 0 unspecified atom stereocenters. The average molecular weight is 647 g/mol. The summed E-state index contributed by atoms with van der Waals surface area (Å²) in [4.78, 5) is 10.4. The topological polar surface area (TPSA) is 191 Å². The fourth-order valence-electron chi connectivity index (χ4n) is 5.75. The van der Waals surface area contributed by atoms with Crippen LogP contribution in [-0.4, -0.2) is 55.9 Å². The molecule has 2 aliphatic carbocycles. The van der Waals surface area contributed by atoms with Crippen molar-refractivity contribution < 1.29 is 40.3 Å². The van der Waals surface area contributed by atoms with E-state index < -0.39 is 31.1 Å². The van der Waals surface area contributed by atoms with Crippen LogP contribution in [0.4, 0.5) is 5.69 Å². The molecule has 0 amide bonds. The lowest BCUT2D eigenvalue weighted by molar-refractivity contribution is -0.137. The smallest absolute Gasteiger partial charge is 0.303 e. The summed E-state index contributed by atoms with van der Waals surface area (Å²) in [5.74, 6) is 0.0126. The maximum atomic E-state index is 11.6. The minimum Gasteiger partial charge on any atom is -0.744 e. The second-order valence-electron chi connectivity index (χ2n) is 11.9. The van der Waals surface area contributed by atoms with Crippen LogP contribution in [0.25, 0.3) is 23.0 Å². The molecule has 0 aromatic heterocycles. The summed E-state index contributed by atoms with van der Waals surface area (Å²) >= 11 is 0. The second kappa shape index (κ2) is 12.8. The summed E-state index contributed by atoms with van der Waals surface area (Å²) in [6.07, 6.45) is 4.76. The van der Waals surface area contributed by atoms with Crippen molar-refractivity contribution in [1.29, 1.82) is 0 Å². The molecule has 4 N–H and O–H groups in total. The number of allylic oxidation sites excluding steroid dienone is 1. The molecular weight excluding hydrogens is 608 g/mol. The number of carbonyl (C=O) groups is 1. The van der Waals surface area contributed by atoms with Gasteiger partial charge in [0.15, 0.2) is 0 Å². The highest BCUT2D eigenvalue weighted by molar-refractivity contribution is 7.86. The van der Waals surface area contributed by atoms with Gasteiger partial charge in [0, 0.05) is 36.5 Å². The van der Waals surface area contributed by atoms with Gasteiger partial charge in [0.05, 0.1) is 22.4 Å². The molecule has 0 radical (unpaired) electrons. The number of benzene rings is 2. The standard InChI is InChI=1S/C31H38N2O9S2/c1-20-24(11-12-28(30(20)32)44(39,40)41)22-17-27-25(31(2,3)19-22)16-21-9-10-23(18-26(21)42-27)33(14-7-15-43(36,37)38)13-6-4-5-8-29(34)35/h9-12,16-18H,4-8,13-15,19,32H2,1-3H3,(H2-,34,35,36,37,38,39,40,41). The van der Waals surface area contributed by atoms with Gasteiger partial charge in [0.2, 0.25) is 5.36 Å². The molecule has 1 aromatic carbocycles. The molecule has 1 aromatic rings. The van der Waals surface area contributed by atoms with E-state index in [0.29, 0.717) is 55.9 Å². The van der Waals surface area contributed by atoms with Crippen LogP contribution in [-0.2, 0) is 30.4 Å². The van der Waals surface area contributed by atoms with Gasteiger partial charge in [-0.2, -0.15) is 8.42 Å². The largest absolute Gasteiger partial charge is 0.744 e. The average Bonchev–Trinajstić information content (AvgIpc) is 2.90. The van der Waals surface area contributed by atoms with E-state index in [1.807, 2.05) is 28.9 Å². The number of nitrogens with two attached hydrogens (primary N) is 1. The van der Waals surface area contributed by atoms with Crippen LogP contribution < -0.4 is 15.7 Å². The number of fused-ring (bicyclic) bond motifs is 2. The maximum Gasteiger partial charge on any atom is 0.303 e. The van der Waals surface area contributed by atoms with Crippen molar-refractivity contribution in [2.45, 2.75) is 69.6 Å². The van der Waals surface area contributed by atoms with E-state index in [1.165, 1.54) is 6.07 Å². The van der Waals surface area contributed by atoms with E-state index in [9.17, 15) is 30.7 Å². The Bertz CT molecular complexity index is 1870. The third-order valence-corrected chi connectivity index (χ3v) is 9.75. The number of hydrogen-bond acceptors (Lipinski definition) is 8. The number of rotatable bonds is 12.